The summed E-state index contributed by atoms with van der Waals surface area (Å²) in [5, 5.41) is 11.8. The highest BCUT2D eigenvalue weighted by Gasteiger charge is 2.54. The van der Waals surface area contributed by atoms with E-state index in [1.54, 1.807) is 37.3 Å². The fourth-order valence-electron chi connectivity index (χ4n) is 2.83. The van der Waals surface area contributed by atoms with Crippen molar-refractivity contribution in [2.24, 2.45) is 5.73 Å². The van der Waals surface area contributed by atoms with E-state index in [9.17, 15) is 19.5 Å². The highest BCUT2D eigenvalue weighted by Crippen LogP contribution is 2.32. The normalized spacial score (nSPS) is 24.1. The number of nitrogens with one attached hydrogen (secondary N) is 1. The summed E-state index contributed by atoms with van der Waals surface area (Å²) >= 11 is 0. The molecule has 8 heteroatoms. The molecule has 3 rings (SSSR count). The number of hydrogen-bond acceptors (Lipinski definition) is 5. The molecule has 2 amide bonds. The van der Waals surface area contributed by atoms with Crippen LogP contribution in [0.3, 0.4) is 0 Å². The third kappa shape index (κ3) is 2.55. The molecule has 1 aromatic rings. The second-order valence-corrected chi connectivity index (χ2v) is 5.72. The van der Waals surface area contributed by atoms with Gasteiger partial charge >= 0.3 is 5.97 Å². The topological polar surface area (TPSA) is 122 Å². The maximum absolute atomic E-state index is 12.3. The van der Waals surface area contributed by atoms with Gasteiger partial charge in [-0.2, -0.15) is 0 Å². The third-order valence-electron chi connectivity index (χ3n) is 4.10. The second kappa shape index (κ2) is 6.06. The fraction of sp³-hybridized carbons (Fsp3) is 0.312. The molecule has 2 aliphatic heterocycles. The predicted molar refractivity (Wildman–Crippen MR) is 82.2 cm³/mol. The van der Waals surface area contributed by atoms with Crippen molar-refractivity contribution in [2.45, 2.75) is 25.2 Å². The summed E-state index contributed by atoms with van der Waals surface area (Å²) in [5.74, 6) is -2.24. The number of benzene rings is 1. The van der Waals surface area contributed by atoms with Crippen LogP contribution in [0.4, 0.5) is 0 Å². The zero-order valence-corrected chi connectivity index (χ0v) is 12.9. The van der Waals surface area contributed by atoms with Crippen LogP contribution in [0.1, 0.15) is 18.5 Å². The van der Waals surface area contributed by atoms with E-state index < -0.39 is 36.1 Å². The Morgan fingerprint density at radius 1 is 1.38 bits per heavy atom. The van der Waals surface area contributed by atoms with Gasteiger partial charge in [-0.05, 0) is 18.1 Å². The first-order valence-corrected chi connectivity index (χ1v) is 7.40. The lowest BCUT2D eigenvalue weighted by Crippen LogP contribution is -2.73. The number of hydrogen-bond donors (Lipinski definition) is 3. The van der Waals surface area contributed by atoms with E-state index >= 15 is 0 Å². The Balaban J connectivity index is 1.71. The summed E-state index contributed by atoms with van der Waals surface area (Å²) in [6.45, 7) is 1.68. The Labute approximate surface area is 137 Å². The summed E-state index contributed by atoms with van der Waals surface area (Å²) < 4.78 is 5.47. The molecule has 2 aliphatic rings. The third-order valence-corrected chi connectivity index (χ3v) is 4.10. The quantitative estimate of drug-likeness (QED) is 0.653. The Morgan fingerprint density at radius 3 is 2.67 bits per heavy atom. The highest BCUT2D eigenvalue weighted by atomic mass is 16.5. The molecule has 0 saturated carbocycles. The summed E-state index contributed by atoms with van der Waals surface area (Å²) in [6.07, 6.45) is -0.820. The van der Waals surface area contributed by atoms with E-state index in [1.165, 1.54) is 0 Å². The number of fused-ring (bicyclic) bond motifs is 1. The first-order valence-electron chi connectivity index (χ1n) is 7.40. The Hall–Kier alpha value is -2.71. The van der Waals surface area contributed by atoms with Crippen LogP contribution >= 0.6 is 0 Å². The van der Waals surface area contributed by atoms with Crippen molar-refractivity contribution < 1.29 is 24.2 Å². The van der Waals surface area contributed by atoms with Crippen molar-refractivity contribution in [1.29, 1.82) is 0 Å². The zero-order valence-electron chi connectivity index (χ0n) is 12.9. The summed E-state index contributed by atoms with van der Waals surface area (Å²) in [7, 11) is 0. The molecule has 1 unspecified atom stereocenters. The molecule has 126 valence electrons. The van der Waals surface area contributed by atoms with E-state index in [2.05, 4.69) is 5.32 Å². The maximum atomic E-state index is 12.3. The SMILES string of the molecule is CC1=C(C(=O)O)N2C(=O)[C@@H](NC(=O)C(N)c3ccccc3)[C@@H]2OC1. The zero-order chi connectivity index (χ0) is 17.4. The van der Waals surface area contributed by atoms with Gasteiger partial charge in [0, 0.05) is 0 Å². The molecule has 8 nitrogen and oxygen atoms in total. The van der Waals surface area contributed by atoms with Crippen LogP contribution in [0.15, 0.2) is 41.6 Å². The molecular formula is C16H17N3O5. The lowest BCUT2D eigenvalue weighted by atomic mass is 9.98. The molecule has 0 spiro atoms. The molecule has 1 aromatic carbocycles. The minimum Gasteiger partial charge on any atom is -0.477 e. The number of nitrogens with two attached hydrogens (primary N) is 1. The van der Waals surface area contributed by atoms with Gasteiger partial charge in [0.2, 0.25) is 5.91 Å². The van der Waals surface area contributed by atoms with Crippen molar-refractivity contribution in [3.8, 4) is 0 Å². The lowest BCUT2D eigenvalue weighted by Gasteiger charge is -2.49. The Bertz CT molecular complexity index is 730. The van der Waals surface area contributed by atoms with Gasteiger partial charge in [-0.25, -0.2) is 4.79 Å². The first-order chi connectivity index (χ1) is 11.4. The molecule has 0 aliphatic carbocycles. The Kier molecular flexibility index (Phi) is 4.08. The standard InChI is InChI=1S/C16H17N3O5/c1-8-7-24-15-11(14(21)19(15)12(8)16(22)23)18-13(20)10(17)9-5-3-2-4-6-9/h2-6,10-11,15H,7,17H2,1H3,(H,18,20)(H,22,23)/t10?,11-,15+/m1/s1. The van der Waals surface area contributed by atoms with Gasteiger partial charge < -0.3 is 20.9 Å². The summed E-state index contributed by atoms with van der Waals surface area (Å²) in [5.41, 5.74) is 6.88. The summed E-state index contributed by atoms with van der Waals surface area (Å²) in [4.78, 5) is 36.9. The van der Waals surface area contributed by atoms with Gasteiger partial charge in [0.15, 0.2) is 12.3 Å². The van der Waals surface area contributed by atoms with Gasteiger partial charge in [-0.1, -0.05) is 30.3 Å². The number of rotatable bonds is 4. The van der Waals surface area contributed by atoms with E-state index in [-0.39, 0.29) is 12.3 Å². The van der Waals surface area contributed by atoms with Crippen molar-refractivity contribution >= 4 is 17.8 Å². The number of carbonyl (C=O) groups is 3. The van der Waals surface area contributed by atoms with Crippen molar-refractivity contribution in [3.63, 3.8) is 0 Å². The number of carboxylic acid groups (broad SMARTS) is 1. The van der Waals surface area contributed by atoms with Crippen LogP contribution < -0.4 is 11.1 Å². The lowest BCUT2D eigenvalue weighted by molar-refractivity contribution is -0.184. The van der Waals surface area contributed by atoms with Crippen LogP contribution in [-0.2, 0) is 19.1 Å². The van der Waals surface area contributed by atoms with E-state index in [0.717, 1.165) is 4.90 Å². The number of carbonyl (C=O) groups excluding carboxylic acids is 2. The maximum Gasteiger partial charge on any atom is 0.352 e. The van der Waals surface area contributed by atoms with Crippen molar-refractivity contribution in [1.82, 2.24) is 10.2 Å². The van der Waals surface area contributed by atoms with Crippen molar-refractivity contribution in [2.75, 3.05) is 6.61 Å². The number of nitrogens with zero attached hydrogens (tertiary/aromatic N) is 1. The van der Waals surface area contributed by atoms with Gasteiger partial charge in [0.1, 0.15) is 11.7 Å². The number of amides is 2. The second-order valence-electron chi connectivity index (χ2n) is 5.72. The highest BCUT2D eigenvalue weighted by molar-refractivity contribution is 6.01. The molecule has 3 atom stereocenters. The Morgan fingerprint density at radius 2 is 2.04 bits per heavy atom. The fourth-order valence-corrected chi connectivity index (χ4v) is 2.83. The molecular weight excluding hydrogens is 314 g/mol. The molecule has 2 heterocycles. The molecule has 0 bridgehead atoms. The molecule has 0 aromatic heterocycles. The first kappa shape index (κ1) is 16.2. The molecule has 1 fully saturated rings. The molecule has 4 N–H and O–H groups in total. The van der Waals surface area contributed by atoms with E-state index in [0.29, 0.717) is 11.1 Å². The van der Waals surface area contributed by atoms with E-state index in [4.69, 9.17) is 10.5 Å². The number of carboxylic acids is 1. The largest absolute Gasteiger partial charge is 0.477 e. The summed E-state index contributed by atoms with van der Waals surface area (Å²) in [6, 6.07) is 6.89. The van der Waals surface area contributed by atoms with Crippen LogP contribution in [0.5, 0.6) is 0 Å². The van der Waals surface area contributed by atoms with Gasteiger partial charge in [-0.3, -0.25) is 14.5 Å². The number of ether oxygens (including phenoxy) is 1. The van der Waals surface area contributed by atoms with E-state index in [1.807, 2.05) is 0 Å². The molecule has 0 radical (unpaired) electrons. The van der Waals surface area contributed by atoms with Gasteiger partial charge in [0.25, 0.3) is 5.91 Å². The average Bonchev–Trinajstić information content (AvgIpc) is 2.59. The van der Waals surface area contributed by atoms with Crippen LogP contribution in [-0.4, -0.2) is 46.7 Å². The van der Waals surface area contributed by atoms with Crippen LogP contribution in [0.2, 0.25) is 0 Å². The van der Waals surface area contributed by atoms with Crippen LogP contribution in [0, 0.1) is 0 Å². The average molecular weight is 331 g/mol. The number of β-lactam (4-membered cyclic amide) rings is 1. The smallest absolute Gasteiger partial charge is 0.352 e. The number of aliphatic carboxylic acids is 1. The molecule has 1 saturated heterocycles. The molecule has 24 heavy (non-hydrogen) atoms. The van der Waals surface area contributed by atoms with Crippen molar-refractivity contribution in [3.05, 3.63) is 47.2 Å². The minimum atomic E-state index is -1.19. The van der Waals surface area contributed by atoms with Crippen LogP contribution in [0.25, 0.3) is 0 Å². The van der Waals surface area contributed by atoms with Gasteiger partial charge in [-0.15, -0.1) is 0 Å². The van der Waals surface area contributed by atoms with Gasteiger partial charge in [0.05, 0.1) is 6.61 Å². The minimum absolute atomic E-state index is 0.0888. The monoisotopic (exact) mass is 331 g/mol. The predicted octanol–water partition coefficient (Wildman–Crippen LogP) is -0.272.